The van der Waals surface area contributed by atoms with E-state index in [4.69, 9.17) is 25.8 Å². The molecule has 4 aliphatic rings. The summed E-state index contributed by atoms with van der Waals surface area (Å²) >= 11 is 5.72. The number of benzene rings is 1. The second-order valence-electron chi connectivity index (χ2n) is 13.2. The summed E-state index contributed by atoms with van der Waals surface area (Å²) in [6.07, 6.45) is 11.3. The molecule has 0 N–H and O–H groups in total. The molecule has 1 aromatic carbocycles. The highest BCUT2D eigenvalue weighted by Crippen LogP contribution is 2.65. The van der Waals surface area contributed by atoms with E-state index in [-0.39, 0.29) is 47.9 Å². The third-order valence-corrected chi connectivity index (χ3v) is 10.7. The molecular formula is C34H49Cl2NO6. The molecule has 3 saturated carbocycles. The average molecular weight is 639 g/mol. The predicted octanol–water partition coefficient (Wildman–Crippen LogP) is 7.09. The number of rotatable bonds is 8. The van der Waals surface area contributed by atoms with Crippen LogP contribution in [0.2, 0.25) is 5.02 Å². The van der Waals surface area contributed by atoms with Crippen molar-refractivity contribution >= 4 is 41.7 Å². The fraction of sp³-hybridized carbons (Fsp3) is 0.676. The van der Waals surface area contributed by atoms with Gasteiger partial charge in [-0.25, -0.2) is 4.79 Å². The number of allylic oxidation sites excluding steroid dienone is 1. The summed E-state index contributed by atoms with van der Waals surface area (Å²) in [4.78, 5) is 37.0. The Kier molecular flexibility index (Phi) is 12.6. The first-order valence-corrected chi connectivity index (χ1v) is 16.0. The number of esters is 2. The van der Waals surface area contributed by atoms with Crippen molar-refractivity contribution in [1.29, 1.82) is 0 Å². The maximum atomic E-state index is 11.9. The Morgan fingerprint density at radius 2 is 1.70 bits per heavy atom. The largest absolute Gasteiger partial charge is 0.482 e. The molecule has 9 heteroatoms. The Hall–Kier alpha value is -2.09. The van der Waals surface area contributed by atoms with Gasteiger partial charge in [-0.1, -0.05) is 37.9 Å². The van der Waals surface area contributed by atoms with Gasteiger partial charge in [-0.05, 0) is 113 Å². The van der Waals surface area contributed by atoms with Crippen molar-refractivity contribution in [1.82, 2.24) is 4.90 Å². The summed E-state index contributed by atoms with van der Waals surface area (Å²) in [5.74, 6) is 2.64. The first-order valence-electron chi connectivity index (χ1n) is 15.6. The molecule has 6 unspecified atom stereocenters. The molecule has 7 nitrogen and oxygen atoms in total. The Morgan fingerprint density at radius 3 is 2.37 bits per heavy atom. The predicted molar refractivity (Wildman–Crippen MR) is 171 cm³/mol. The van der Waals surface area contributed by atoms with Crippen LogP contribution in [-0.4, -0.2) is 62.6 Å². The number of likely N-dealkylation sites (N-methyl/N-ethyl adjacent to an activating group) is 1. The summed E-state index contributed by atoms with van der Waals surface area (Å²) < 4.78 is 16.1. The van der Waals surface area contributed by atoms with E-state index in [1.807, 2.05) is 32.0 Å². The van der Waals surface area contributed by atoms with Crippen LogP contribution in [0.5, 0.6) is 5.75 Å². The van der Waals surface area contributed by atoms with E-state index < -0.39 is 0 Å². The number of nitrogens with zero attached hydrogens (tertiary/aromatic N) is 1. The number of hydrogen-bond donors (Lipinski definition) is 0. The van der Waals surface area contributed by atoms with Gasteiger partial charge in [0.15, 0.2) is 12.4 Å². The highest BCUT2D eigenvalue weighted by Gasteiger charge is 2.59. The van der Waals surface area contributed by atoms with Crippen molar-refractivity contribution < 1.29 is 28.6 Å². The van der Waals surface area contributed by atoms with Crippen LogP contribution in [0.25, 0.3) is 0 Å². The third-order valence-electron chi connectivity index (χ3n) is 10.4. The molecule has 3 fully saturated rings. The number of hydrogen-bond acceptors (Lipinski definition) is 7. The molecule has 5 rings (SSSR count). The van der Waals surface area contributed by atoms with E-state index in [2.05, 4.69) is 13.8 Å². The van der Waals surface area contributed by atoms with Crippen molar-refractivity contribution in [2.24, 2.45) is 28.6 Å². The standard InChI is InChI=1S/C22H32O3.C12H16ClNO3.ClH/c1-4-20(24)25-19-8-7-17-16-6-5-14-13-15(23)9-11-21(14,2)18(16)10-12-22(17,19)3;1-14(2)7-8-16-12(15)9-17-11-5-3-10(13)4-6-11;/h13,16-19H,4-12H2,1-3H3;3-6H,7-9H2,1-2H3;1H. The Balaban J connectivity index is 0.000000249. The third kappa shape index (κ3) is 8.34. The van der Waals surface area contributed by atoms with E-state index >= 15 is 0 Å². The summed E-state index contributed by atoms with van der Waals surface area (Å²) in [5, 5.41) is 0.630. The lowest BCUT2D eigenvalue weighted by molar-refractivity contribution is -0.159. The minimum atomic E-state index is -0.373. The lowest BCUT2D eigenvalue weighted by Gasteiger charge is -2.57. The molecule has 43 heavy (non-hydrogen) atoms. The number of carbonyl (C=O) groups excluding carboxylic acids is 3. The highest BCUT2D eigenvalue weighted by atomic mass is 35.5. The molecule has 0 amide bonds. The van der Waals surface area contributed by atoms with Gasteiger partial charge in [-0.3, -0.25) is 9.59 Å². The number of ether oxygens (including phenoxy) is 3. The van der Waals surface area contributed by atoms with Gasteiger partial charge in [0.05, 0.1) is 0 Å². The normalized spacial score (nSPS) is 30.8. The summed E-state index contributed by atoms with van der Waals surface area (Å²) in [6, 6.07) is 6.81. The highest BCUT2D eigenvalue weighted by molar-refractivity contribution is 6.30. The lowest BCUT2D eigenvalue weighted by atomic mass is 9.47. The van der Waals surface area contributed by atoms with Crippen LogP contribution in [0.4, 0.5) is 0 Å². The number of fused-ring (bicyclic) bond motifs is 5. The minimum Gasteiger partial charge on any atom is -0.482 e. The van der Waals surface area contributed by atoms with Crippen molar-refractivity contribution in [3.63, 3.8) is 0 Å². The van der Waals surface area contributed by atoms with Gasteiger partial charge in [-0.15, -0.1) is 12.4 Å². The number of carbonyl (C=O) groups is 3. The van der Waals surface area contributed by atoms with Crippen LogP contribution < -0.4 is 4.74 Å². The molecule has 0 radical (unpaired) electrons. The van der Waals surface area contributed by atoms with E-state index in [0.717, 1.165) is 38.0 Å². The summed E-state index contributed by atoms with van der Waals surface area (Å²) in [5.41, 5.74) is 1.82. The van der Waals surface area contributed by atoms with Crippen molar-refractivity contribution in [3.8, 4) is 5.75 Å². The Labute approximate surface area is 268 Å². The van der Waals surface area contributed by atoms with Crippen LogP contribution in [0.1, 0.15) is 78.6 Å². The molecule has 0 saturated heterocycles. The fourth-order valence-electron chi connectivity index (χ4n) is 8.00. The maximum absolute atomic E-state index is 11.9. The van der Waals surface area contributed by atoms with Crippen LogP contribution in [0, 0.1) is 28.6 Å². The maximum Gasteiger partial charge on any atom is 0.344 e. The van der Waals surface area contributed by atoms with Crippen molar-refractivity contribution in [3.05, 3.63) is 40.9 Å². The molecule has 240 valence electrons. The van der Waals surface area contributed by atoms with Gasteiger partial charge < -0.3 is 19.1 Å². The molecule has 6 atom stereocenters. The monoisotopic (exact) mass is 637 g/mol. The first kappa shape index (κ1) is 35.4. The summed E-state index contributed by atoms with van der Waals surface area (Å²) in [7, 11) is 3.83. The van der Waals surface area contributed by atoms with Crippen molar-refractivity contribution in [2.45, 2.75) is 84.7 Å². The van der Waals surface area contributed by atoms with Crippen molar-refractivity contribution in [2.75, 3.05) is 33.9 Å². The first-order chi connectivity index (χ1) is 20.0. The second kappa shape index (κ2) is 15.3. The minimum absolute atomic E-state index is 0. The Morgan fingerprint density at radius 1 is 0.977 bits per heavy atom. The average Bonchev–Trinajstić information content (AvgIpc) is 3.29. The smallest absolute Gasteiger partial charge is 0.344 e. The SMILES string of the molecule is CCC(=O)OC1CCC2C3CCC4=CC(=O)CCC4(C)C3CCC12C.CN(C)CCOC(=O)COc1ccc(Cl)cc1.Cl. The van der Waals surface area contributed by atoms with E-state index in [9.17, 15) is 14.4 Å². The molecule has 0 spiro atoms. The van der Waals surface area contributed by atoms with E-state index in [0.29, 0.717) is 48.0 Å². The van der Waals surface area contributed by atoms with Crippen LogP contribution in [-0.2, 0) is 23.9 Å². The molecular weight excluding hydrogens is 589 g/mol. The summed E-state index contributed by atoms with van der Waals surface area (Å²) in [6.45, 7) is 7.67. The van der Waals surface area contributed by atoms with Gasteiger partial charge >= 0.3 is 11.9 Å². The lowest BCUT2D eigenvalue weighted by Crippen LogP contribution is -2.51. The fourth-order valence-corrected chi connectivity index (χ4v) is 8.13. The molecule has 1 aromatic rings. The molecule has 4 aliphatic carbocycles. The molecule has 0 heterocycles. The van der Waals surface area contributed by atoms with Gasteiger partial charge in [0.2, 0.25) is 0 Å². The topological polar surface area (TPSA) is 82.1 Å². The van der Waals surface area contributed by atoms with Gasteiger partial charge in [-0.2, -0.15) is 0 Å². The zero-order chi connectivity index (χ0) is 30.5. The van der Waals surface area contributed by atoms with Gasteiger partial charge in [0.25, 0.3) is 0 Å². The Bertz CT molecular complexity index is 1150. The zero-order valence-electron chi connectivity index (χ0n) is 26.4. The zero-order valence-corrected chi connectivity index (χ0v) is 27.9. The van der Waals surface area contributed by atoms with Crippen LogP contribution in [0.15, 0.2) is 35.9 Å². The van der Waals surface area contributed by atoms with Crippen LogP contribution >= 0.6 is 24.0 Å². The van der Waals surface area contributed by atoms with E-state index in [1.54, 1.807) is 24.3 Å². The molecule has 0 aliphatic heterocycles. The quantitative estimate of drug-likeness (QED) is 0.282. The molecule has 0 bridgehead atoms. The number of halogens is 2. The molecule has 0 aromatic heterocycles. The van der Waals surface area contributed by atoms with Gasteiger partial charge in [0, 0.05) is 29.8 Å². The van der Waals surface area contributed by atoms with Crippen LogP contribution in [0.3, 0.4) is 0 Å². The number of ketones is 1. The second-order valence-corrected chi connectivity index (χ2v) is 13.6. The van der Waals surface area contributed by atoms with Gasteiger partial charge in [0.1, 0.15) is 18.5 Å². The van der Waals surface area contributed by atoms with E-state index in [1.165, 1.54) is 24.8 Å².